The van der Waals surface area contributed by atoms with Crippen LogP contribution in [0.1, 0.15) is 25.6 Å². The summed E-state index contributed by atoms with van der Waals surface area (Å²) in [5.74, 6) is 0.222. The number of methoxy groups -OCH3 is 1. The molecular formula is C26H33F3N4O4Si. The van der Waals surface area contributed by atoms with Crippen LogP contribution in [0.5, 0.6) is 5.88 Å². The highest BCUT2D eigenvalue weighted by molar-refractivity contribution is 6.76. The summed E-state index contributed by atoms with van der Waals surface area (Å²) in [6.45, 7) is 9.79. The Morgan fingerprint density at radius 1 is 1.05 bits per heavy atom. The third-order valence-electron chi connectivity index (χ3n) is 5.69. The minimum absolute atomic E-state index is 0.0270. The van der Waals surface area contributed by atoms with Gasteiger partial charge in [0, 0.05) is 50.5 Å². The number of carbonyl (C=O) groups is 1. The van der Waals surface area contributed by atoms with Gasteiger partial charge >= 0.3 is 12.1 Å². The average molecular weight is 551 g/mol. The first-order valence-electron chi connectivity index (χ1n) is 12.1. The summed E-state index contributed by atoms with van der Waals surface area (Å²) in [5, 5.41) is 0. The number of carbonyl (C=O) groups excluding carboxylic acids is 1. The third kappa shape index (κ3) is 7.87. The number of nitrogens with one attached hydrogen (secondary N) is 1. The zero-order valence-electron chi connectivity index (χ0n) is 22.3. The average Bonchev–Trinajstić information content (AvgIpc) is 3.33. The summed E-state index contributed by atoms with van der Waals surface area (Å²) in [6, 6.07) is 7.49. The molecule has 0 amide bonds. The van der Waals surface area contributed by atoms with E-state index in [0.717, 1.165) is 0 Å². The van der Waals surface area contributed by atoms with Gasteiger partial charge < -0.3 is 19.2 Å². The first-order chi connectivity index (χ1) is 17.7. The second-order valence-electron chi connectivity index (χ2n) is 10.8. The summed E-state index contributed by atoms with van der Waals surface area (Å²) in [4.78, 5) is 27.4. The number of aromatic nitrogens is 4. The van der Waals surface area contributed by atoms with Crippen LogP contribution in [-0.4, -0.2) is 60.5 Å². The summed E-state index contributed by atoms with van der Waals surface area (Å²) >= 11 is 0. The van der Waals surface area contributed by atoms with Crippen LogP contribution >= 0.6 is 0 Å². The van der Waals surface area contributed by atoms with E-state index in [1.165, 1.54) is 19.5 Å². The van der Waals surface area contributed by atoms with Crippen LogP contribution in [0.3, 0.4) is 0 Å². The Kier molecular flexibility index (Phi) is 8.98. The molecule has 1 N–H and O–H groups in total. The van der Waals surface area contributed by atoms with Gasteiger partial charge in [0.25, 0.3) is 0 Å². The number of aromatic amines is 1. The van der Waals surface area contributed by atoms with Crippen molar-refractivity contribution in [2.45, 2.75) is 51.8 Å². The Balaban J connectivity index is 1.68. The van der Waals surface area contributed by atoms with Crippen molar-refractivity contribution < 1.29 is 32.2 Å². The molecule has 0 aliphatic carbocycles. The lowest BCUT2D eigenvalue weighted by atomic mass is 9.95. The van der Waals surface area contributed by atoms with Crippen molar-refractivity contribution in [3.63, 3.8) is 0 Å². The van der Waals surface area contributed by atoms with Crippen molar-refractivity contribution in [2.75, 3.05) is 20.3 Å². The van der Waals surface area contributed by atoms with Crippen molar-refractivity contribution in [1.29, 1.82) is 0 Å². The first kappa shape index (κ1) is 29.3. The molecule has 1 atom stereocenters. The molecule has 3 aromatic heterocycles. The van der Waals surface area contributed by atoms with Crippen LogP contribution in [0, 0.1) is 5.41 Å². The molecule has 206 valence electrons. The fourth-order valence-electron chi connectivity index (χ4n) is 3.36. The molecule has 3 aromatic rings. The fourth-order valence-corrected chi connectivity index (χ4v) is 4.09. The maximum Gasteiger partial charge on any atom is 0.420 e. The number of hydrogen-bond donors (Lipinski definition) is 1. The Hall–Kier alpha value is -3.25. The normalized spacial score (nSPS) is 13.3. The highest BCUT2D eigenvalue weighted by Gasteiger charge is 2.43. The van der Waals surface area contributed by atoms with Crippen molar-refractivity contribution in [3.8, 4) is 28.5 Å². The largest absolute Gasteiger partial charge is 0.476 e. The van der Waals surface area contributed by atoms with Crippen molar-refractivity contribution >= 4 is 14.0 Å². The lowest BCUT2D eigenvalue weighted by molar-refractivity contribution is -0.223. The molecule has 0 radical (unpaired) electrons. The maximum atomic E-state index is 13.6. The number of rotatable bonds is 11. The van der Waals surface area contributed by atoms with E-state index in [4.69, 9.17) is 14.2 Å². The number of hydrogen-bond acceptors (Lipinski definition) is 7. The molecule has 0 saturated heterocycles. The van der Waals surface area contributed by atoms with E-state index >= 15 is 0 Å². The fraction of sp³-hybridized carbons (Fsp3) is 0.462. The highest BCUT2D eigenvalue weighted by atomic mass is 28.3. The molecular weight excluding hydrogens is 517 g/mol. The second kappa shape index (κ2) is 11.6. The number of pyridine rings is 2. The molecule has 12 heteroatoms. The number of esters is 1. The SMILES string of the molecule is COC(=O)C(C)(C)COc1ccc(-c2ccc(-c3nc(C(OCC[Si](C)(C)C)C(F)(F)F)c[nH]3)cn2)cn1. The van der Waals surface area contributed by atoms with Crippen LogP contribution in [0.25, 0.3) is 22.6 Å². The number of imidazole rings is 1. The van der Waals surface area contributed by atoms with Crippen LogP contribution in [0.15, 0.2) is 42.9 Å². The molecule has 0 bridgehead atoms. The Morgan fingerprint density at radius 3 is 2.29 bits per heavy atom. The minimum atomic E-state index is -4.58. The van der Waals surface area contributed by atoms with E-state index in [1.54, 1.807) is 44.3 Å². The topological polar surface area (TPSA) is 99.2 Å². The minimum Gasteiger partial charge on any atom is -0.476 e. The molecule has 0 fully saturated rings. The Bertz CT molecular complexity index is 1210. The van der Waals surface area contributed by atoms with Gasteiger partial charge in [0.15, 0.2) is 6.10 Å². The van der Waals surface area contributed by atoms with Crippen LogP contribution in [0.4, 0.5) is 13.2 Å². The van der Waals surface area contributed by atoms with Gasteiger partial charge in [-0.1, -0.05) is 19.6 Å². The predicted molar refractivity (Wildman–Crippen MR) is 139 cm³/mol. The molecule has 0 aliphatic rings. The standard InChI is InChI=1S/C26H33F3N4O4Si/c1-25(2,24(34)35-3)16-37-21-10-8-17(13-31-21)19-9-7-18(14-30-19)23-32-15-20(33-23)22(26(27,28)29)36-11-12-38(4,5)6/h7-10,13-15,22H,11-12,16H2,1-6H3,(H,32,33). The van der Waals surface area contributed by atoms with Gasteiger partial charge in [-0.3, -0.25) is 9.78 Å². The molecule has 38 heavy (non-hydrogen) atoms. The zero-order valence-corrected chi connectivity index (χ0v) is 23.3. The van der Waals surface area contributed by atoms with Crippen LogP contribution in [0.2, 0.25) is 25.7 Å². The molecule has 1 unspecified atom stereocenters. The number of halogens is 3. The molecule has 3 rings (SSSR count). The van der Waals surface area contributed by atoms with E-state index in [1.807, 2.05) is 0 Å². The smallest absolute Gasteiger partial charge is 0.420 e. The summed E-state index contributed by atoms with van der Waals surface area (Å²) in [7, 11) is -0.219. The van der Waals surface area contributed by atoms with Crippen LogP contribution in [-0.2, 0) is 14.3 Å². The van der Waals surface area contributed by atoms with E-state index < -0.39 is 25.8 Å². The monoisotopic (exact) mass is 550 g/mol. The van der Waals surface area contributed by atoms with Crippen molar-refractivity contribution in [2.24, 2.45) is 5.41 Å². The molecule has 8 nitrogen and oxygen atoms in total. The quantitative estimate of drug-likeness (QED) is 0.229. The van der Waals surface area contributed by atoms with Gasteiger partial charge in [0.2, 0.25) is 5.88 Å². The highest BCUT2D eigenvalue weighted by Crippen LogP contribution is 2.36. The summed E-state index contributed by atoms with van der Waals surface area (Å²) in [5.41, 5.74) is 0.808. The van der Waals surface area contributed by atoms with E-state index in [0.29, 0.717) is 28.7 Å². The second-order valence-corrected chi connectivity index (χ2v) is 16.4. The Labute approximate surface area is 221 Å². The maximum absolute atomic E-state index is 13.6. The van der Waals surface area contributed by atoms with E-state index in [2.05, 4.69) is 39.6 Å². The zero-order chi connectivity index (χ0) is 28.1. The molecule has 3 heterocycles. The molecule has 0 spiro atoms. The Morgan fingerprint density at radius 2 is 1.74 bits per heavy atom. The van der Waals surface area contributed by atoms with Crippen molar-refractivity contribution in [1.82, 2.24) is 19.9 Å². The molecule has 0 aliphatic heterocycles. The van der Waals surface area contributed by atoms with Crippen molar-refractivity contribution in [3.05, 3.63) is 48.5 Å². The number of H-pyrrole nitrogens is 1. The number of ether oxygens (including phenoxy) is 3. The van der Waals surface area contributed by atoms with E-state index in [9.17, 15) is 18.0 Å². The van der Waals surface area contributed by atoms with Gasteiger partial charge in [0.1, 0.15) is 12.4 Å². The van der Waals surface area contributed by atoms with Gasteiger partial charge in [-0.2, -0.15) is 13.2 Å². The summed E-state index contributed by atoms with van der Waals surface area (Å²) < 4.78 is 56.6. The van der Waals surface area contributed by atoms with Gasteiger partial charge in [0.05, 0.1) is 23.9 Å². The lowest BCUT2D eigenvalue weighted by Gasteiger charge is -2.21. The predicted octanol–water partition coefficient (Wildman–Crippen LogP) is 6.07. The van der Waals surface area contributed by atoms with Gasteiger partial charge in [-0.25, -0.2) is 9.97 Å². The number of alkyl halides is 3. The van der Waals surface area contributed by atoms with Crippen LogP contribution < -0.4 is 4.74 Å². The molecule has 0 aromatic carbocycles. The molecule has 0 saturated carbocycles. The third-order valence-corrected chi connectivity index (χ3v) is 7.39. The van der Waals surface area contributed by atoms with Gasteiger partial charge in [-0.05, 0) is 38.1 Å². The lowest BCUT2D eigenvalue weighted by Crippen LogP contribution is -2.32. The summed E-state index contributed by atoms with van der Waals surface area (Å²) in [6.07, 6.45) is -2.35. The van der Waals surface area contributed by atoms with Gasteiger partial charge in [-0.15, -0.1) is 0 Å². The number of nitrogens with zero attached hydrogens (tertiary/aromatic N) is 3. The first-order valence-corrected chi connectivity index (χ1v) is 15.8. The van der Waals surface area contributed by atoms with E-state index in [-0.39, 0.29) is 30.7 Å².